The first-order chi connectivity index (χ1) is 7.50. The molecule has 1 fully saturated rings. The third-order valence-corrected chi connectivity index (χ3v) is 4.69. The van der Waals surface area contributed by atoms with Gasteiger partial charge in [0, 0.05) is 11.1 Å². The summed E-state index contributed by atoms with van der Waals surface area (Å²) in [4.78, 5) is 0. The van der Waals surface area contributed by atoms with Crippen LogP contribution in [0.25, 0.3) is 0 Å². The molecular formula is C14H27NO. The Morgan fingerprint density at radius 2 is 1.31 bits per heavy atom. The van der Waals surface area contributed by atoms with Crippen LogP contribution in [0.1, 0.15) is 66.2 Å². The van der Waals surface area contributed by atoms with Gasteiger partial charge >= 0.3 is 0 Å². The summed E-state index contributed by atoms with van der Waals surface area (Å²) in [7, 11) is 0. The van der Waals surface area contributed by atoms with Gasteiger partial charge in [0.2, 0.25) is 0 Å². The maximum absolute atomic E-state index is 10.6. The lowest BCUT2D eigenvalue weighted by Gasteiger charge is -2.54. The number of hydrogen-bond acceptors (Lipinski definition) is 2. The van der Waals surface area contributed by atoms with E-state index in [4.69, 9.17) is 0 Å². The van der Waals surface area contributed by atoms with E-state index in [1.54, 1.807) is 5.06 Å². The predicted molar refractivity (Wildman–Crippen MR) is 68.6 cm³/mol. The molecule has 0 aromatic rings. The van der Waals surface area contributed by atoms with Crippen LogP contribution in [0.2, 0.25) is 0 Å². The zero-order chi connectivity index (χ0) is 12.4. The molecule has 0 amide bonds. The monoisotopic (exact) mass is 225 g/mol. The highest BCUT2D eigenvalue weighted by molar-refractivity contribution is 5.15. The van der Waals surface area contributed by atoms with Gasteiger partial charge in [-0.3, -0.25) is 0 Å². The van der Waals surface area contributed by atoms with Crippen LogP contribution in [-0.4, -0.2) is 21.3 Å². The molecule has 0 spiro atoms. The Morgan fingerprint density at radius 1 is 1.00 bits per heavy atom. The minimum Gasteiger partial charge on any atom is -0.313 e. The van der Waals surface area contributed by atoms with E-state index in [1.807, 2.05) is 0 Å². The van der Waals surface area contributed by atoms with E-state index in [-0.39, 0.29) is 11.1 Å². The van der Waals surface area contributed by atoms with E-state index < -0.39 is 0 Å². The van der Waals surface area contributed by atoms with Gasteiger partial charge < -0.3 is 5.21 Å². The maximum Gasteiger partial charge on any atom is 0.0498 e. The van der Waals surface area contributed by atoms with E-state index in [0.29, 0.717) is 0 Å². The average molecular weight is 225 g/mol. The van der Waals surface area contributed by atoms with E-state index in [9.17, 15) is 5.21 Å². The Bertz CT molecular complexity index is 227. The van der Waals surface area contributed by atoms with E-state index in [0.717, 1.165) is 38.5 Å². The summed E-state index contributed by atoms with van der Waals surface area (Å²) in [6.07, 6.45) is 5.83. The normalized spacial score (nSPS) is 24.7. The quantitative estimate of drug-likeness (QED) is 0.727. The number of nitrogens with zero attached hydrogens (tertiary/aromatic N) is 1. The Morgan fingerprint density at radius 3 is 1.56 bits per heavy atom. The van der Waals surface area contributed by atoms with E-state index in [2.05, 4.69) is 34.3 Å². The third-order valence-electron chi connectivity index (χ3n) is 4.69. The summed E-state index contributed by atoms with van der Waals surface area (Å²) in [5.74, 6) is 0. The van der Waals surface area contributed by atoms with Gasteiger partial charge in [-0.1, -0.05) is 39.8 Å². The van der Waals surface area contributed by atoms with Crippen LogP contribution >= 0.6 is 0 Å². The van der Waals surface area contributed by atoms with Crippen molar-refractivity contribution >= 4 is 0 Å². The van der Waals surface area contributed by atoms with Crippen LogP contribution in [0.5, 0.6) is 0 Å². The molecule has 1 N–H and O–H groups in total. The Kier molecular flexibility index (Phi) is 4.19. The molecule has 1 rings (SSSR count). The summed E-state index contributed by atoms with van der Waals surface area (Å²) < 4.78 is 0. The van der Waals surface area contributed by atoms with Crippen molar-refractivity contribution in [1.29, 1.82) is 0 Å². The molecule has 2 heteroatoms. The first-order valence-electron chi connectivity index (χ1n) is 6.66. The number of piperidine rings is 1. The lowest BCUT2D eigenvalue weighted by Crippen LogP contribution is -2.61. The highest BCUT2D eigenvalue weighted by atomic mass is 16.5. The van der Waals surface area contributed by atoms with Crippen molar-refractivity contribution in [2.75, 3.05) is 0 Å². The average Bonchev–Trinajstić information content (AvgIpc) is 2.32. The largest absolute Gasteiger partial charge is 0.313 e. The van der Waals surface area contributed by atoms with Crippen LogP contribution in [0.15, 0.2) is 12.2 Å². The van der Waals surface area contributed by atoms with Crippen LogP contribution in [-0.2, 0) is 0 Å². The molecule has 1 aliphatic heterocycles. The standard InChI is InChI=1S/C14H27NO/c1-6-13(7-2)10-12(5)11-14(8-3,9-4)15(13)16/h16H,5-11H2,1-4H3. The Labute approximate surface area is 100 Å². The molecule has 0 bridgehead atoms. The van der Waals surface area contributed by atoms with Gasteiger partial charge in [0.05, 0.1) is 0 Å². The van der Waals surface area contributed by atoms with E-state index in [1.165, 1.54) is 5.57 Å². The molecule has 0 aromatic carbocycles. The van der Waals surface area contributed by atoms with E-state index >= 15 is 0 Å². The van der Waals surface area contributed by atoms with Crippen molar-refractivity contribution in [2.24, 2.45) is 0 Å². The number of hydroxylamine groups is 2. The van der Waals surface area contributed by atoms with Crippen molar-refractivity contribution in [3.05, 3.63) is 12.2 Å². The molecule has 0 unspecified atom stereocenters. The second-order valence-corrected chi connectivity index (χ2v) is 5.28. The molecule has 0 atom stereocenters. The van der Waals surface area contributed by atoms with Crippen molar-refractivity contribution in [2.45, 2.75) is 77.3 Å². The highest BCUT2D eigenvalue weighted by Crippen LogP contribution is 2.46. The third kappa shape index (κ3) is 1.93. The van der Waals surface area contributed by atoms with Crippen molar-refractivity contribution in [1.82, 2.24) is 5.06 Å². The fourth-order valence-electron chi connectivity index (χ4n) is 3.25. The Hall–Kier alpha value is -0.340. The topological polar surface area (TPSA) is 23.5 Å². The highest BCUT2D eigenvalue weighted by Gasteiger charge is 2.48. The maximum atomic E-state index is 10.6. The van der Waals surface area contributed by atoms with Crippen molar-refractivity contribution < 1.29 is 5.21 Å². The van der Waals surface area contributed by atoms with Crippen LogP contribution in [0.3, 0.4) is 0 Å². The van der Waals surface area contributed by atoms with Crippen molar-refractivity contribution in [3.8, 4) is 0 Å². The molecule has 0 aromatic heterocycles. The Balaban J connectivity index is 3.11. The fraction of sp³-hybridized carbons (Fsp3) is 0.857. The summed E-state index contributed by atoms with van der Waals surface area (Å²) >= 11 is 0. The molecule has 0 radical (unpaired) electrons. The minimum absolute atomic E-state index is 0.0820. The molecule has 2 nitrogen and oxygen atoms in total. The molecule has 94 valence electrons. The zero-order valence-electron chi connectivity index (χ0n) is 11.3. The fourth-order valence-corrected chi connectivity index (χ4v) is 3.25. The minimum atomic E-state index is -0.0820. The van der Waals surface area contributed by atoms with Crippen LogP contribution in [0.4, 0.5) is 0 Å². The second kappa shape index (κ2) is 4.89. The van der Waals surface area contributed by atoms with Gasteiger partial charge in [0.15, 0.2) is 0 Å². The van der Waals surface area contributed by atoms with Gasteiger partial charge in [0.1, 0.15) is 0 Å². The molecule has 16 heavy (non-hydrogen) atoms. The first-order valence-corrected chi connectivity index (χ1v) is 6.66. The molecular weight excluding hydrogens is 198 g/mol. The van der Waals surface area contributed by atoms with Gasteiger partial charge in [-0.05, 0) is 38.5 Å². The first kappa shape index (κ1) is 13.7. The predicted octanol–water partition coefficient (Wildman–Crippen LogP) is 4.15. The van der Waals surface area contributed by atoms with Gasteiger partial charge in [-0.2, -0.15) is 5.06 Å². The van der Waals surface area contributed by atoms with Crippen LogP contribution < -0.4 is 0 Å². The van der Waals surface area contributed by atoms with Crippen molar-refractivity contribution in [3.63, 3.8) is 0 Å². The molecule has 0 aliphatic carbocycles. The van der Waals surface area contributed by atoms with Gasteiger partial charge in [0.25, 0.3) is 0 Å². The SMILES string of the molecule is C=C1CC(CC)(CC)N(O)C(CC)(CC)C1. The second-order valence-electron chi connectivity index (χ2n) is 5.28. The summed E-state index contributed by atoms with van der Waals surface area (Å²) in [5.41, 5.74) is 1.14. The lowest BCUT2D eigenvalue weighted by molar-refractivity contribution is -0.257. The summed E-state index contributed by atoms with van der Waals surface area (Å²) in [5, 5.41) is 12.3. The lowest BCUT2D eigenvalue weighted by atomic mass is 9.71. The molecule has 0 saturated carbocycles. The zero-order valence-corrected chi connectivity index (χ0v) is 11.3. The summed E-state index contributed by atoms with van der Waals surface area (Å²) in [6, 6.07) is 0. The van der Waals surface area contributed by atoms with Gasteiger partial charge in [-0.15, -0.1) is 0 Å². The molecule has 1 saturated heterocycles. The smallest absolute Gasteiger partial charge is 0.0498 e. The van der Waals surface area contributed by atoms with Gasteiger partial charge in [-0.25, -0.2) is 0 Å². The number of rotatable bonds is 4. The molecule has 1 heterocycles. The summed E-state index contributed by atoms with van der Waals surface area (Å²) in [6.45, 7) is 12.9. The molecule has 1 aliphatic rings. The van der Waals surface area contributed by atoms with Crippen LogP contribution in [0, 0.1) is 0 Å². The number of hydrogen-bond donors (Lipinski definition) is 1.